The molecule has 1 N–H and O–H groups in total. The van der Waals surface area contributed by atoms with Crippen LogP contribution in [-0.4, -0.2) is 77.3 Å². The van der Waals surface area contributed by atoms with Crippen LogP contribution in [0.4, 0.5) is 10.2 Å². The van der Waals surface area contributed by atoms with Gasteiger partial charge in [-0.15, -0.1) is 10.2 Å². The summed E-state index contributed by atoms with van der Waals surface area (Å²) in [5.41, 5.74) is 0.635. The number of hydrogen-bond acceptors (Lipinski definition) is 8. The van der Waals surface area contributed by atoms with Crippen LogP contribution in [0.15, 0.2) is 24.4 Å². The number of alkyl halides is 1. The van der Waals surface area contributed by atoms with E-state index in [1.165, 1.54) is 7.11 Å². The van der Waals surface area contributed by atoms with E-state index in [1.807, 2.05) is 16.8 Å². The van der Waals surface area contributed by atoms with Gasteiger partial charge in [-0.3, -0.25) is 0 Å². The lowest BCUT2D eigenvalue weighted by Gasteiger charge is -2.53. The Kier molecular flexibility index (Phi) is 7.14. The Morgan fingerprint density at radius 2 is 2.16 bits per heavy atom. The molecular formula is C21H28BClFN5O3. The topological polar surface area (TPSA) is 83.8 Å². The second kappa shape index (κ2) is 9.86. The highest BCUT2D eigenvalue weighted by molar-refractivity contribution is 6.45. The summed E-state index contributed by atoms with van der Waals surface area (Å²) >= 11 is 6.08. The van der Waals surface area contributed by atoms with E-state index in [9.17, 15) is 5.02 Å². The third kappa shape index (κ3) is 4.55. The molecule has 0 amide bonds. The zero-order valence-electron chi connectivity index (χ0n) is 18.5. The Bertz CT molecular complexity index is 925. The van der Waals surface area contributed by atoms with E-state index in [1.54, 1.807) is 31.2 Å². The number of nitrogens with zero attached hydrogens (tertiary/aromatic N) is 5. The molecule has 2 unspecified atom stereocenters. The number of piperidine rings is 2. The molecule has 2 aliphatic rings. The van der Waals surface area contributed by atoms with Gasteiger partial charge in [0.15, 0.2) is 18.4 Å². The summed E-state index contributed by atoms with van der Waals surface area (Å²) in [7, 11) is 2.71. The maximum atomic E-state index is 15.5. The summed E-state index contributed by atoms with van der Waals surface area (Å²) < 4.78 is 26.1. The van der Waals surface area contributed by atoms with Crippen LogP contribution in [0.1, 0.15) is 25.7 Å². The van der Waals surface area contributed by atoms with Crippen LogP contribution in [0.5, 0.6) is 5.75 Å². The quantitative estimate of drug-likeness (QED) is 0.495. The third-order valence-corrected chi connectivity index (χ3v) is 6.68. The molecule has 32 heavy (non-hydrogen) atoms. The van der Waals surface area contributed by atoms with Crippen LogP contribution >= 0.6 is 11.6 Å². The predicted octanol–water partition coefficient (Wildman–Crippen LogP) is 3.05. The van der Waals surface area contributed by atoms with Crippen molar-refractivity contribution in [3.05, 3.63) is 29.4 Å². The highest BCUT2D eigenvalue weighted by Gasteiger charge is 2.49. The van der Waals surface area contributed by atoms with Crippen LogP contribution in [0, 0.1) is 0 Å². The van der Waals surface area contributed by atoms with Crippen molar-refractivity contribution in [1.29, 1.82) is 0 Å². The van der Waals surface area contributed by atoms with Crippen LogP contribution in [0.2, 0.25) is 11.8 Å². The van der Waals surface area contributed by atoms with Gasteiger partial charge in [0.05, 0.1) is 17.8 Å². The number of methoxy groups -OCH3 is 1. The smallest absolute Gasteiger partial charge is 0.376 e. The maximum absolute atomic E-state index is 15.5. The van der Waals surface area contributed by atoms with Gasteiger partial charge in [-0.05, 0) is 44.3 Å². The summed E-state index contributed by atoms with van der Waals surface area (Å²) in [5, 5.41) is 19.3. The molecule has 172 valence electrons. The van der Waals surface area contributed by atoms with E-state index in [0.29, 0.717) is 34.4 Å². The first kappa shape index (κ1) is 23.2. The summed E-state index contributed by atoms with van der Waals surface area (Å²) in [6.45, 7) is 1.78. The van der Waals surface area contributed by atoms with Gasteiger partial charge in [0.1, 0.15) is 11.9 Å². The minimum absolute atomic E-state index is 0.0625. The fourth-order valence-corrected chi connectivity index (χ4v) is 5.12. The van der Waals surface area contributed by atoms with Crippen molar-refractivity contribution in [2.45, 2.75) is 56.8 Å². The van der Waals surface area contributed by atoms with Crippen molar-refractivity contribution < 1.29 is 18.9 Å². The van der Waals surface area contributed by atoms with E-state index in [-0.39, 0.29) is 24.9 Å². The van der Waals surface area contributed by atoms with E-state index in [4.69, 9.17) is 21.1 Å². The van der Waals surface area contributed by atoms with E-state index >= 15 is 4.39 Å². The molecule has 1 aromatic carbocycles. The molecular weight excluding hydrogens is 436 g/mol. The maximum Gasteiger partial charge on any atom is 0.376 e. The third-order valence-electron chi connectivity index (χ3n) is 6.45. The van der Waals surface area contributed by atoms with Gasteiger partial charge in [-0.25, -0.2) is 9.37 Å². The lowest BCUT2D eigenvalue weighted by molar-refractivity contribution is 0.0203. The highest BCUT2D eigenvalue weighted by Crippen LogP contribution is 2.38. The molecule has 0 radical (unpaired) electrons. The van der Waals surface area contributed by atoms with Crippen LogP contribution in [-0.2, 0) is 4.74 Å². The standard InChI is InChI=1S/C21H28BClFN5O3/c1-22(30)29-14-5-4-6-16(29)20(24)17(10-14)28(2)19-11-25-21(27-26-19)15-8-7-13(23)9-18(15)32-12-31-3/h7-9,11,14,16-17,20,30H,4-6,10,12H2,1-3H3/t14?,16?,17-,20+/m0/s1. The summed E-state index contributed by atoms with van der Waals surface area (Å²) in [6, 6.07) is 4.67. The fourth-order valence-electron chi connectivity index (χ4n) is 4.96. The first-order valence-electron chi connectivity index (χ1n) is 10.8. The molecule has 1 aromatic heterocycles. The highest BCUT2D eigenvalue weighted by atomic mass is 35.5. The molecule has 4 atom stereocenters. The Balaban J connectivity index is 1.54. The Morgan fingerprint density at radius 3 is 2.84 bits per heavy atom. The zero-order chi connectivity index (χ0) is 22.8. The zero-order valence-corrected chi connectivity index (χ0v) is 19.2. The van der Waals surface area contributed by atoms with Crippen molar-refractivity contribution in [1.82, 2.24) is 20.0 Å². The summed E-state index contributed by atoms with van der Waals surface area (Å²) in [6.07, 6.45) is 3.81. The van der Waals surface area contributed by atoms with Crippen LogP contribution in [0.3, 0.4) is 0 Å². The average molecular weight is 464 g/mol. The average Bonchev–Trinajstić information content (AvgIpc) is 2.79. The van der Waals surface area contributed by atoms with Gasteiger partial charge in [0.25, 0.3) is 0 Å². The lowest BCUT2D eigenvalue weighted by Crippen LogP contribution is -2.66. The predicted molar refractivity (Wildman–Crippen MR) is 122 cm³/mol. The number of benzene rings is 1. The number of halogens is 2. The molecule has 11 heteroatoms. The van der Waals surface area contributed by atoms with Crippen molar-refractivity contribution in [3.8, 4) is 17.1 Å². The Hall–Kier alpha value is -2.01. The number of fused-ring (bicyclic) bond motifs is 2. The molecule has 2 bridgehead atoms. The lowest BCUT2D eigenvalue weighted by atomic mass is 9.70. The number of aromatic nitrogens is 3. The SMILES string of the molecule is COCOc1cc(Cl)ccc1-c1ncc(N(C)[C@H]2CC3CCCC([C@H]2F)N3B(C)O)nn1. The molecule has 2 aromatic rings. The molecule has 0 saturated carbocycles. The molecule has 0 aliphatic carbocycles. The van der Waals surface area contributed by atoms with Gasteiger partial charge in [0.2, 0.25) is 0 Å². The summed E-state index contributed by atoms with van der Waals surface area (Å²) in [4.78, 5) is 8.21. The molecule has 2 fully saturated rings. The number of rotatable bonds is 7. The van der Waals surface area contributed by atoms with Gasteiger partial charge >= 0.3 is 7.05 Å². The molecule has 2 aliphatic heterocycles. The largest absolute Gasteiger partial charge is 0.467 e. The molecule has 4 rings (SSSR count). The summed E-state index contributed by atoms with van der Waals surface area (Å²) in [5.74, 6) is 1.37. The van der Waals surface area contributed by atoms with E-state index in [2.05, 4.69) is 15.2 Å². The normalized spacial score (nSPS) is 25.4. The monoisotopic (exact) mass is 463 g/mol. The fraction of sp³-hybridized carbons (Fsp3) is 0.571. The number of hydrogen-bond donors (Lipinski definition) is 1. The first-order valence-corrected chi connectivity index (χ1v) is 11.2. The first-order chi connectivity index (χ1) is 15.4. The molecule has 8 nitrogen and oxygen atoms in total. The number of anilines is 1. The Morgan fingerprint density at radius 1 is 1.34 bits per heavy atom. The van der Waals surface area contributed by atoms with Crippen molar-refractivity contribution in [2.24, 2.45) is 0 Å². The Labute approximate surface area is 192 Å². The van der Waals surface area contributed by atoms with Crippen molar-refractivity contribution >= 4 is 24.5 Å². The van der Waals surface area contributed by atoms with Crippen LogP contribution < -0.4 is 9.64 Å². The second-order valence-corrected chi connectivity index (χ2v) is 8.86. The second-order valence-electron chi connectivity index (χ2n) is 8.42. The van der Waals surface area contributed by atoms with Gasteiger partial charge in [-0.1, -0.05) is 18.0 Å². The molecule has 0 spiro atoms. The van der Waals surface area contributed by atoms with Gasteiger partial charge < -0.3 is 24.2 Å². The van der Waals surface area contributed by atoms with Crippen molar-refractivity contribution in [2.75, 3.05) is 25.9 Å². The molecule has 3 heterocycles. The van der Waals surface area contributed by atoms with E-state index < -0.39 is 13.2 Å². The minimum atomic E-state index is -1.10. The number of ether oxygens (including phenoxy) is 2. The van der Waals surface area contributed by atoms with Crippen LogP contribution in [0.25, 0.3) is 11.4 Å². The van der Waals surface area contributed by atoms with E-state index in [0.717, 1.165) is 19.3 Å². The molecule has 2 saturated heterocycles. The van der Waals surface area contributed by atoms with Gasteiger partial charge in [-0.2, -0.15) is 0 Å². The van der Waals surface area contributed by atoms with Gasteiger partial charge in [0, 0.05) is 31.3 Å². The minimum Gasteiger partial charge on any atom is -0.467 e. The van der Waals surface area contributed by atoms with Crippen molar-refractivity contribution in [3.63, 3.8) is 0 Å².